The molecular formula is C13H16F3NO5S. The van der Waals surface area contributed by atoms with Crippen molar-refractivity contribution in [2.75, 3.05) is 26.6 Å². The predicted octanol–water partition coefficient (Wildman–Crippen LogP) is 2.34. The maximum atomic E-state index is 13.0. The molecule has 0 fully saturated rings. The number of oxime groups is 1. The number of alkyl halides is 3. The zero-order chi connectivity index (χ0) is 17.5. The quantitative estimate of drug-likeness (QED) is 0.407. The van der Waals surface area contributed by atoms with Crippen LogP contribution in [0.25, 0.3) is 0 Å². The molecule has 0 bridgehead atoms. The first kappa shape index (κ1) is 19.2. The van der Waals surface area contributed by atoms with Crippen molar-refractivity contribution in [2.24, 2.45) is 5.16 Å². The highest BCUT2D eigenvalue weighted by Crippen LogP contribution is 2.24. The molecule has 0 atom stereocenters. The summed E-state index contributed by atoms with van der Waals surface area (Å²) in [6, 6.07) is 4.80. The van der Waals surface area contributed by atoms with Crippen molar-refractivity contribution < 1.29 is 35.3 Å². The molecule has 1 rings (SSSR count). The van der Waals surface area contributed by atoms with Crippen LogP contribution in [0.3, 0.4) is 0 Å². The van der Waals surface area contributed by atoms with E-state index in [1.807, 2.05) is 0 Å². The van der Waals surface area contributed by atoms with Crippen molar-refractivity contribution in [1.82, 2.24) is 0 Å². The first-order valence-corrected chi connectivity index (χ1v) is 7.97. The maximum absolute atomic E-state index is 13.0. The van der Waals surface area contributed by atoms with E-state index in [-0.39, 0.29) is 18.6 Å². The van der Waals surface area contributed by atoms with E-state index in [0.29, 0.717) is 5.75 Å². The topological polar surface area (TPSA) is 74.2 Å². The summed E-state index contributed by atoms with van der Waals surface area (Å²) in [7, 11) is -1.49. The Morgan fingerprint density at radius 1 is 1.17 bits per heavy atom. The SMILES string of the molecule is COCCCS(=O)(=O)ON=C(c1ccc(OC)cc1)C(F)(F)F. The number of rotatable bonds is 8. The number of methoxy groups -OCH3 is 2. The maximum Gasteiger partial charge on any atom is 0.437 e. The molecule has 0 heterocycles. The predicted molar refractivity (Wildman–Crippen MR) is 77.0 cm³/mol. The van der Waals surface area contributed by atoms with Crippen LogP contribution in [-0.4, -0.2) is 46.9 Å². The molecule has 0 saturated carbocycles. The summed E-state index contributed by atoms with van der Waals surface area (Å²) in [6.07, 6.45) is -4.80. The molecule has 0 aliphatic rings. The van der Waals surface area contributed by atoms with E-state index >= 15 is 0 Å². The van der Waals surface area contributed by atoms with Crippen LogP contribution >= 0.6 is 0 Å². The Morgan fingerprint density at radius 2 is 1.78 bits per heavy atom. The number of ether oxygens (including phenoxy) is 2. The fraction of sp³-hybridized carbons (Fsp3) is 0.462. The lowest BCUT2D eigenvalue weighted by Crippen LogP contribution is -2.25. The van der Waals surface area contributed by atoms with Gasteiger partial charge in [-0.25, -0.2) is 0 Å². The summed E-state index contributed by atoms with van der Waals surface area (Å²) in [4.78, 5) is 0. The van der Waals surface area contributed by atoms with E-state index in [2.05, 4.69) is 14.2 Å². The van der Waals surface area contributed by atoms with Gasteiger partial charge in [0.15, 0.2) is 5.71 Å². The molecule has 0 radical (unpaired) electrons. The molecule has 0 saturated heterocycles. The average molecular weight is 355 g/mol. The average Bonchev–Trinajstić information content (AvgIpc) is 2.46. The molecule has 0 aromatic heterocycles. The second-order valence-electron chi connectivity index (χ2n) is 4.35. The minimum Gasteiger partial charge on any atom is -0.497 e. The van der Waals surface area contributed by atoms with Gasteiger partial charge < -0.3 is 9.47 Å². The molecule has 130 valence electrons. The number of nitrogens with zero attached hydrogens (tertiary/aromatic N) is 1. The van der Waals surface area contributed by atoms with E-state index in [4.69, 9.17) is 4.74 Å². The fourth-order valence-corrected chi connectivity index (χ4v) is 2.26. The Labute approximate surface area is 132 Å². The standard InChI is InChI=1S/C13H16F3NO5S/c1-20-8-3-9-23(18,19)22-17-12(13(14,15)16)10-4-6-11(21-2)7-5-10/h4-7H,3,8-9H2,1-2H3. The Hall–Kier alpha value is -1.81. The number of benzene rings is 1. The highest BCUT2D eigenvalue weighted by atomic mass is 32.2. The minimum atomic E-state index is -4.88. The molecule has 6 nitrogen and oxygen atoms in total. The van der Waals surface area contributed by atoms with Gasteiger partial charge in [-0.2, -0.15) is 21.6 Å². The summed E-state index contributed by atoms with van der Waals surface area (Å²) in [5.41, 5.74) is -1.79. The highest BCUT2D eigenvalue weighted by Gasteiger charge is 2.38. The van der Waals surface area contributed by atoms with Gasteiger partial charge in [0, 0.05) is 19.3 Å². The Bertz CT molecular complexity index is 626. The normalized spacial score (nSPS) is 13.0. The first-order valence-electron chi connectivity index (χ1n) is 6.39. The molecular weight excluding hydrogens is 339 g/mol. The fourth-order valence-electron chi connectivity index (χ4n) is 1.53. The molecule has 23 heavy (non-hydrogen) atoms. The molecule has 0 N–H and O–H groups in total. The third kappa shape index (κ3) is 6.45. The molecule has 0 aliphatic heterocycles. The lowest BCUT2D eigenvalue weighted by Gasteiger charge is -2.11. The second-order valence-corrected chi connectivity index (χ2v) is 6.02. The van der Waals surface area contributed by atoms with Crippen LogP contribution in [0, 0.1) is 0 Å². The van der Waals surface area contributed by atoms with Crippen molar-refractivity contribution in [3.8, 4) is 5.75 Å². The van der Waals surface area contributed by atoms with E-state index in [0.717, 1.165) is 12.1 Å². The van der Waals surface area contributed by atoms with Crippen molar-refractivity contribution in [3.63, 3.8) is 0 Å². The summed E-state index contributed by atoms with van der Waals surface area (Å²) in [5, 5.41) is 2.79. The van der Waals surface area contributed by atoms with Crippen LogP contribution in [0.5, 0.6) is 5.75 Å². The lowest BCUT2D eigenvalue weighted by atomic mass is 10.1. The molecule has 0 aliphatic carbocycles. The van der Waals surface area contributed by atoms with E-state index < -0.39 is 27.8 Å². The van der Waals surface area contributed by atoms with Gasteiger partial charge in [-0.15, -0.1) is 0 Å². The number of hydrogen-bond acceptors (Lipinski definition) is 6. The lowest BCUT2D eigenvalue weighted by molar-refractivity contribution is -0.0597. The summed E-state index contributed by atoms with van der Waals surface area (Å²) in [5.74, 6) is -0.152. The van der Waals surface area contributed by atoms with Crippen LogP contribution in [0.2, 0.25) is 0 Å². The van der Waals surface area contributed by atoms with Crippen LogP contribution in [0.4, 0.5) is 13.2 Å². The van der Waals surface area contributed by atoms with Gasteiger partial charge in [-0.05, 0) is 30.7 Å². The van der Waals surface area contributed by atoms with Gasteiger partial charge in [-0.3, -0.25) is 4.28 Å². The van der Waals surface area contributed by atoms with E-state index in [9.17, 15) is 21.6 Å². The molecule has 0 unspecified atom stereocenters. The van der Waals surface area contributed by atoms with Crippen molar-refractivity contribution in [2.45, 2.75) is 12.6 Å². The molecule has 1 aromatic rings. The zero-order valence-corrected chi connectivity index (χ0v) is 13.3. The van der Waals surface area contributed by atoms with Gasteiger partial charge in [-0.1, -0.05) is 5.16 Å². The van der Waals surface area contributed by atoms with Crippen LogP contribution < -0.4 is 4.74 Å². The Kier molecular flexibility index (Phi) is 6.82. The Balaban J connectivity index is 2.98. The van der Waals surface area contributed by atoms with Gasteiger partial charge >= 0.3 is 16.3 Å². The number of halogens is 3. The molecule has 10 heteroatoms. The summed E-state index contributed by atoms with van der Waals surface area (Å²) < 4.78 is 75.7. The van der Waals surface area contributed by atoms with Crippen LogP contribution in [-0.2, 0) is 19.1 Å². The summed E-state index contributed by atoms with van der Waals surface area (Å²) in [6.45, 7) is 0.136. The minimum absolute atomic E-state index is 0.0816. The van der Waals surface area contributed by atoms with Crippen molar-refractivity contribution in [3.05, 3.63) is 29.8 Å². The van der Waals surface area contributed by atoms with Gasteiger partial charge in [0.05, 0.1) is 12.9 Å². The number of hydrogen-bond donors (Lipinski definition) is 0. The smallest absolute Gasteiger partial charge is 0.437 e. The van der Waals surface area contributed by atoms with Gasteiger partial charge in [0.25, 0.3) is 0 Å². The largest absolute Gasteiger partial charge is 0.497 e. The summed E-state index contributed by atoms with van der Waals surface area (Å²) >= 11 is 0. The molecule has 0 spiro atoms. The zero-order valence-electron chi connectivity index (χ0n) is 12.5. The first-order chi connectivity index (χ1) is 10.7. The van der Waals surface area contributed by atoms with Crippen molar-refractivity contribution >= 4 is 15.8 Å². The monoisotopic (exact) mass is 355 g/mol. The van der Waals surface area contributed by atoms with Gasteiger partial charge in [0.2, 0.25) is 0 Å². The Morgan fingerprint density at radius 3 is 2.26 bits per heavy atom. The third-order valence-corrected chi connectivity index (χ3v) is 3.71. The molecule has 0 amide bonds. The van der Waals surface area contributed by atoms with Gasteiger partial charge in [0.1, 0.15) is 5.75 Å². The third-order valence-electron chi connectivity index (χ3n) is 2.62. The van der Waals surface area contributed by atoms with Crippen LogP contribution in [0.1, 0.15) is 12.0 Å². The van der Waals surface area contributed by atoms with E-state index in [1.165, 1.54) is 26.4 Å². The molecule has 1 aromatic carbocycles. The van der Waals surface area contributed by atoms with Crippen LogP contribution in [0.15, 0.2) is 29.4 Å². The van der Waals surface area contributed by atoms with Crippen molar-refractivity contribution in [1.29, 1.82) is 0 Å². The second kappa shape index (κ2) is 8.16. The highest BCUT2D eigenvalue weighted by molar-refractivity contribution is 7.86. The van der Waals surface area contributed by atoms with E-state index in [1.54, 1.807) is 0 Å².